The number of rotatable bonds is 2. The van der Waals surface area contributed by atoms with Crippen molar-refractivity contribution < 1.29 is 4.79 Å². The van der Waals surface area contributed by atoms with Crippen molar-refractivity contribution in [1.82, 2.24) is 0 Å². The third-order valence-electron chi connectivity index (χ3n) is 5.50. The average Bonchev–Trinajstić information content (AvgIpc) is 2.61. The van der Waals surface area contributed by atoms with Crippen LogP contribution in [0, 0.1) is 5.92 Å². The van der Waals surface area contributed by atoms with Crippen LogP contribution in [0.1, 0.15) is 36.0 Å². The number of hydrogen-bond acceptors (Lipinski definition) is 2. The van der Waals surface area contributed by atoms with Gasteiger partial charge in [-0.3, -0.25) is 4.79 Å². The smallest absolute Gasteiger partial charge is 0.227 e. The normalized spacial score (nSPS) is 19.5. The second kappa shape index (κ2) is 6.31. The number of carbonyl (C=O) groups excluding carboxylic acids is 1. The molecule has 24 heavy (non-hydrogen) atoms. The number of hydrogen-bond donors (Lipinski definition) is 1. The monoisotopic (exact) mass is 320 g/mol. The van der Waals surface area contributed by atoms with Crippen LogP contribution >= 0.6 is 0 Å². The molecule has 1 unspecified atom stereocenters. The maximum absolute atomic E-state index is 12.9. The zero-order valence-electron chi connectivity index (χ0n) is 14.0. The minimum Gasteiger partial charge on any atom is -0.398 e. The van der Waals surface area contributed by atoms with E-state index in [4.69, 9.17) is 5.73 Å². The fraction of sp³-hybridized carbons (Fsp3) is 0.381. The summed E-state index contributed by atoms with van der Waals surface area (Å²) in [6, 6.07) is 14.6. The quantitative estimate of drug-likeness (QED) is 0.857. The molecule has 1 aliphatic carbocycles. The van der Waals surface area contributed by atoms with Gasteiger partial charge in [0.2, 0.25) is 5.91 Å². The highest BCUT2D eigenvalue weighted by atomic mass is 16.2. The first-order valence-corrected chi connectivity index (χ1v) is 8.97. The Balaban J connectivity index is 1.49. The summed E-state index contributed by atoms with van der Waals surface area (Å²) in [5.41, 5.74) is 12.0. The minimum atomic E-state index is 0.255. The van der Waals surface area contributed by atoms with E-state index in [2.05, 4.69) is 24.3 Å². The van der Waals surface area contributed by atoms with E-state index in [1.165, 1.54) is 11.1 Å². The maximum atomic E-state index is 12.9. The third kappa shape index (κ3) is 2.79. The van der Waals surface area contributed by atoms with Crippen LogP contribution in [-0.2, 0) is 24.1 Å². The summed E-state index contributed by atoms with van der Waals surface area (Å²) in [5.74, 6) is 0.713. The minimum absolute atomic E-state index is 0.255. The Morgan fingerprint density at radius 2 is 1.92 bits per heavy atom. The first kappa shape index (κ1) is 15.3. The van der Waals surface area contributed by atoms with Gasteiger partial charge < -0.3 is 10.6 Å². The topological polar surface area (TPSA) is 46.3 Å². The van der Waals surface area contributed by atoms with E-state index in [1.54, 1.807) is 0 Å². The van der Waals surface area contributed by atoms with Crippen LogP contribution in [0.2, 0.25) is 0 Å². The highest BCUT2D eigenvalue weighted by molar-refractivity contribution is 5.95. The highest BCUT2D eigenvalue weighted by Crippen LogP contribution is 2.33. The molecule has 3 nitrogen and oxygen atoms in total. The Hall–Kier alpha value is -2.29. The Kier molecular flexibility index (Phi) is 4.01. The molecule has 2 aromatic carbocycles. The number of anilines is 2. The van der Waals surface area contributed by atoms with Crippen molar-refractivity contribution >= 4 is 17.3 Å². The predicted octanol–water partition coefficient (Wildman–Crippen LogP) is 3.74. The zero-order chi connectivity index (χ0) is 16.5. The van der Waals surface area contributed by atoms with Gasteiger partial charge in [-0.15, -0.1) is 0 Å². The Morgan fingerprint density at radius 1 is 1.08 bits per heavy atom. The van der Waals surface area contributed by atoms with Crippen molar-refractivity contribution in [2.45, 2.75) is 38.5 Å². The van der Waals surface area contributed by atoms with Crippen LogP contribution in [-0.4, -0.2) is 12.5 Å². The molecule has 0 spiro atoms. The standard InChI is InChI=1S/C21H24N2O/c22-19-8-3-9-20-18(19)7-4-12-23(20)21(24)14-15-10-11-16-5-1-2-6-17(16)13-15/h1-3,5-6,8-9,15H,4,7,10-14,22H2. The molecular weight excluding hydrogens is 296 g/mol. The lowest BCUT2D eigenvalue weighted by Crippen LogP contribution is -2.37. The van der Waals surface area contributed by atoms with Crippen molar-refractivity contribution in [1.29, 1.82) is 0 Å². The molecule has 2 aromatic rings. The van der Waals surface area contributed by atoms with Crippen LogP contribution in [0.4, 0.5) is 11.4 Å². The van der Waals surface area contributed by atoms with Gasteiger partial charge in [0.1, 0.15) is 0 Å². The molecule has 124 valence electrons. The molecule has 0 saturated heterocycles. The Labute approximate surface area is 143 Å². The summed E-state index contributed by atoms with van der Waals surface area (Å²) in [6.45, 7) is 0.818. The van der Waals surface area contributed by atoms with Gasteiger partial charge >= 0.3 is 0 Å². The SMILES string of the molecule is Nc1cccc2c1CCCN2C(=O)CC1CCc2ccccc2C1. The summed E-state index contributed by atoms with van der Waals surface area (Å²) in [4.78, 5) is 14.9. The molecule has 1 aliphatic heterocycles. The maximum Gasteiger partial charge on any atom is 0.227 e. The largest absolute Gasteiger partial charge is 0.398 e. The van der Waals surface area contributed by atoms with Gasteiger partial charge in [-0.2, -0.15) is 0 Å². The van der Waals surface area contributed by atoms with E-state index in [-0.39, 0.29) is 5.91 Å². The van der Waals surface area contributed by atoms with Gasteiger partial charge in [-0.25, -0.2) is 0 Å². The highest BCUT2D eigenvalue weighted by Gasteiger charge is 2.27. The molecule has 0 saturated carbocycles. The second-order valence-corrected chi connectivity index (χ2v) is 7.08. The van der Waals surface area contributed by atoms with Gasteiger partial charge in [-0.05, 0) is 66.8 Å². The third-order valence-corrected chi connectivity index (χ3v) is 5.50. The fourth-order valence-electron chi connectivity index (χ4n) is 4.22. The molecule has 0 radical (unpaired) electrons. The van der Waals surface area contributed by atoms with Crippen LogP contribution in [0.3, 0.4) is 0 Å². The molecule has 0 aromatic heterocycles. The molecule has 1 heterocycles. The molecule has 0 fully saturated rings. The summed E-state index contributed by atoms with van der Waals surface area (Å²) in [5, 5.41) is 0. The van der Waals surface area contributed by atoms with E-state index in [0.717, 1.165) is 55.6 Å². The summed E-state index contributed by atoms with van der Waals surface area (Å²) < 4.78 is 0. The number of nitrogens with zero attached hydrogens (tertiary/aromatic N) is 1. The number of nitrogens with two attached hydrogens (primary N) is 1. The number of nitrogen functional groups attached to an aromatic ring is 1. The first-order chi connectivity index (χ1) is 11.7. The van der Waals surface area contributed by atoms with Gasteiger partial charge in [0, 0.05) is 24.3 Å². The lowest BCUT2D eigenvalue weighted by Gasteiger charge is -2.32. The van der Waals surface area contributed by atoms with E-state index in [0.29, 0.717) is 12.3 Å². The van der Waals surface area contributed by atoms with E-state index in [1.807, 2.05) is 23.1 Å². The summed E-state index contributed by atoms with van der Waals surface area (Å²) in [6.07, 6.45) is 5.85. The molecular formula is C21H24N2O. The fourth-order valence-corrected chi connectivity index (χ4v) is 4.22. The van der Waals surface area contributed by atoms with Crippen LogP contribution < -0.4 is 10.6 Å². The first-order valence-electron chi connectivity index (χ1n) is 8.97. The van der Waals surface area contributed by atoms with Crippen molar-refractivity contribution in [3.8, 4) is 0 Å². The van der Waals surface area contributed by atoms with E-state index in [9.17, 15) is 4.79 Å². The second-order valence-electron chi connectivity index (χ2n) is 7.08. The zero-order valence-corrected chi connectivity index (χ0v) is 14.0. The van der Waals surface area contributed by atoms with Crippen molar-refractivity contribution in [2.75, 3.05) is 17.2 Å². The van der Waals surface area contributed by atoms with Gasteiger partial charge in [0.15, 0.2) is 0 Å². The van der Waals surface area contributed by atoms with Crippen molar-refractivity contribution in [2.24, 2.45) is 5.92 Å². The lowest BCUT2D eigenvalue weighted by atomic mass is 9.82. The molecule has 3 heteroatoms. The molecule has 1 amide bonds. The molecule has 4 rings (SSSR count). The summed E-state index contributed by atoms with van der Waals surface area (Å²) in [7, 11) is 0. The van der Waals surface area contributed by atoms with Gasteiger partial charge in [0.25, 0.3) is 0 Å². The van der Waals surface area contributed by atoms with Crippen LogP contribution in [0.5, 0.6) is 0 Å². The summed E-state index contributed by atoms with van der Waals surface area (Å²) >= 11 is 0. The number of aryl methyl sites for hydroxylation is 1. The van der Waals surface area contributed by atoms with Crippen LogP contribution in [0.15, 0.2) is 42.5 Å². The van der Waals surface area contributed by atoms with Gasteiger partial charge in [-0.1, -0.05) is 30.3 Å². The number of amides is 1. The number of benzene rings is 2. The lowest BCUT2D eigenvalue weighted by molar-refractivity contribution is -0.119. The number of carbonyl (C=O) groups is 1. The van der Waals surface area contributed by atoms with E-state index >= 15 is 0 Å². The van der Waals surface area contributed by atoms with E-state index < -0.39 is 0 Å². The van der Waals surface area contributed by atoms with Crippen molar-refractivity contribution in [3.05, 3.63) is 59.2 Å². The molecule has 1 atom stereocenters. The molecule has 0 bridgehead atoms. The molecule has 2 aliphatic rings. The Bertz CT molecular complexity index is 768. The average molecular weight is 320 g/mol. The van der Waals surface area contributed by atoms with Gasteiger partial charge in [0.05, 0.1) is 0 Å². The Morgan fingerprint density at radius 3 is 2.79 bits per heavy atom. The molecule has 2 N–H and O–H groups in total. The number of fused-ring (bicyclic) bond motifs is 2. The van der Waals surface area contributed by atoms with Crippen molar-refractivity contribution in [3.63, 3.8) is 0 Å². The predicted molar refractivity (Wildman–Crippen MR) is 98.1 cm³/mol. The van der Waals surface area contributed by atoms with Crippen LogP contribution in [0.25, 0.3) is 0 Å².